The van der Waals surface area contributed by atoms with Crippen LogP contribution in [0.3, 0.4) is 0 Å². The molecule has 126 valence electrons. The first-order valence-corrected chi connectivity index (χ1v) is 6.76. The van der Waals surface area contributed by atoms with Gasteiger partial charge in [0.2, 0.25) is 0 Å². The molecule has 0 spiro atoms. The number of hydrogen-bond acceptors (Lipinski definition) is 7. The molecule has 6 N–H and O–H groups in total. The van der Waals surface area contributed by atoms with E-state index in [9.17, 15) is 19.5 Å². The quantitative estimate of drug-likeness (QED) is 0.251. The molecule has 1 heterocycles. The van der Waals surface area contributed by atoms with E-state index in [0.29, 0.717) is 0 Å². The van der Waals surface area contributed by atoms with Gasteiger partial charge >= 0.3 is 17.9 Å². The summed E-state index contributed by atoms with van der Waals surface area (Å²) in [6.07, 6.45) is -2.57. The molecule has 0 saturated carbocycles. The first kappa shape index (κ1) is 18.3. The zero-order valence-electron chi connectivity index (χ0n) is 11.8. The van der Waals surface area contributed by atoms with Gasteiger partial charge in [0.05, 0.1) is 6.10 Å². The summed E-state index contributed by atoms with van der Waals surface area (Å²) in [5.41, 5.74) is 0. The molecule has 0 bridgehead atoms. The van der Waals surface area contributed by atoms with Crippen LogP contribution in [-0.4, -0.2) is 92.3 Å². The summed E-state index contributed by atoms with van der Waals surface area (Å²) in [4.78, 5) is 33.8. The second-order valence-electron chi connectivity index (χ2n) is 5.12. The Balaban J connectivity index is 2.37. The summed E-state index contributed by atoms with van der Waals surface area (Å²) in [5.74, 6) is -3.70. The maximum absolute atomic E-state index is 11.1. The van der Waals surface area contributed by atoms with Gasteiger partial charge in [-0.2, -0.15) is 0 Å². The van der Waals surface area contributed by atoms with Crippen molar-refractivity contribution in [1.29, 1.82) is 0 Å². The number of likely N-dealkylation sites (tertiary alicyclic amines) is 1. The minimum atomic E-state index is -1.57. The summed E-state index contributed by atoms with van der Waals surface area (Å²) in [7, 11) is 0. The van der Waals surface area contributed by atoms with E-state index in [2.05, 4.69) is 5.32 Å². The average molecular weight is 320 g/mol. The molecule has 1 fully saturated rings. The van der Waals surface area contributed by atoms with Crippen molar-refractivity contribution >= 4 is 17.9 Å². The number of β-amino-alcohol motifs (C(OH)–C–C–N with tert-alkyl or cyclic N) is 1. The fourth-order valence-corrected chi connectivity index (χ4v) is 2.24. The van der Waals surface area contributed by atoms with Crippen molar-refractivity contribution in [2.24, 2.45) is 0 Å². The highest BCUT2D eigenvalue weighted by atomic mass is 16.4. The van der Waals surface area contributed by atoms with E-state index in [-0.39, 0.29) is 32.5 Å². The van der Waals surface area contributed by atoms with E-state index in [1.54, 1.807) is 0 Å². The lowest BCUT2D eigenvalue weighted by Crippen LogP contribution is -2.64. The molecule has 0 aromatic heterocycles. The van der Waals surface area contributed by atoms with E-state index in [1.165, 1.54) is 4.90 Å². The largest absolute Gasteiger partial charge is 0.480 e. The van der Waals surface area contributed by atoms with Crippen LogP contribution in [0.1, 0.15) is 12.8 Å². The summed E-state index contributed by atoms with van der Waals surface area (Å²) in [5, 5.41) is 47.5. The minimum absolute atomic E-state index is 0.00455. The van der Waals surface area contributed by atoms with Gasteiger partial charge in [0.25, 0.3) is 0 Å². The number of aliphatic hydroxyl groups is 2. The van der Waals surface area contributed by atoms with Crippen LogP contribution in [0.2, 0.25) is 0 Å². The van der Waals surface area contributed by atoms with Gasteiger partial charge in [-0.15, -0.1) is 0 Å². The highest BCUT2D eigenvalue weighted by Gasteiger charge is 2.43. The topological polar surface area (TPSA) is 168 Å². The van der Waals surface area contributed by atoms with Crippen LogP contribution in [-0.2, 0) is 14.4 Å². The van der Waals surface area contributed by atoms with Gasteiger partial charge in [-0.05, 0) is 19.4 Å². The van der Waals surface area contributed by atoms with Crippen molar-refractivity contribution in [3.8, 4) is 0 Å². The van der Waals surface area contributed by atoms with Crippen LogP contribution in [0.15, 0.2) is 0 Å². The molecule has 0 aliphatic carbocycles. The lowest BCUT2D eigenvalue weighted by molar-refractivity contribution is -0.160. The standard InChI is InChI=1S/C12H20N2O8/c15-7(11(19)20)1-3-13-6(10(17)18)2-4-14-5-8(16)9(14)12(21)22/h6-9,13,15-16H,1-5H2,(H,17,18)(H,19,20)(H,21,22)/t6-,7-,8+,9-/m0/s1. The fraction of sp³-hybridized carbons (Fsp3) is 0.750. The number of carbonyl (C=O) groups is 3. The van der Waals surface area contributed by atoms with E-state index in [0.717, 1.165) is 0 Å². The summed E-state index contributed by atoms with van der Waals surface area (Å²) < 4.78 is 0. The molecular weight excluding hydrogens is 300 g/mol. The number of nitrogens with one attached hydrogen (secondary N) is 1. The molecule has 0 radical (unpaired) electrons. The summed E-state index contributed by atoms with van der Waals surface area (Å²) in [6.45, 7) is 0.329. The Bertz CT molecular complexity index is 429. The van der Waals surface area contributed by atoms with Gasteiger partial charge in [0.1, 0.15) is 12.1 Å². The van der Waals surface area contributed by atoms with Crippen molar-refractivity contribution in [2.45, 2.75) is 37.1 Å². The second kappa shape index (κ2) is 8.03. The van der Waals surface area contributed by atoms with Crippen LogP contribution in [0.5, 0.6) is 0 Å². The number of rotatable bonds is 10. The van der Waals surface area contributed by atoms with Crippen molar-refractivity contribution < 1.29 is 39.9 Å². The Morgan fingerprint density at radius 2 is 1.77 bits per heavy atom. The van der Waals surface area contributed by atoms with Crippen LogP contribution in [0.25, 0.3) is 0 Å². The summed E-state index contributed by atoms with van der Waals surface area (Å²) >= 11 is 0. The molecule has 1 aliphatic heterocycles. The highest BCUT2D eigenvalue weighted by Crippen LogP contribution is 2.19. The van der Waals surface area contributed by atoms with Gasteiger partial charge < -0.3 is 30.8 Å². The first-order chi connectivity index (χ1) is 10.2. The third kappa shape index (κ3) is 4.91. The number of hydrogen-bond donors (Lipinski definition) is 6. The normalized spacial score (nSPS) is 24.3. The van der Waals surface area contributed by atoms with Gasteiger partial charge in [-0.25, -0.2) is 4.79 Å². The first-order valence-electron chi connectivity index (χ1n) is 6.76. The number of nitrogens with zero attached hydrogens (tertiary/aromatic N) is 1. The Morgan fingerprint density at radius 1 is 1.14 bits per heavy atom. The zero-order chi connectivity index (χ0) is 16.9. The fourth-order valence-electron chi connectivity index (χ4n) is 2.24. The van der Waals surface area contributed by atoms with Crippen LogP contribution in [0.4, 0.5) is 0 Å². The van der Waals surface area contributed by atoms with E-state index in [1.807, 2.05) is 0 Å². The number of carboxylic acids is 3. The number of aliphatic hydroxyl groups excluding tert-OH is 2. The van der Waals surface area contributed by atoms with Crippen molar-refractivity contribution in [2.75, 3.05) is 19.6 Å². The second-order valence-corrected chi connectivity index (χ2v) is 5.12. The Kier molecular flexibility index (Phi) is 6.68. The van der Waals surface area contributed by atoms with Crippen LogP contribution < -0.4 is 5.32 Å². The maximum Gasteiger partial charge on any atom is 0.332 e. The molecular formula is C12H20N2O8. The third-order valence-corrected chi connectivity index (χ3v) is 3.53. The highest BCUT2D eigenvalue weighted by molar-refractivity contribution is 5.76. The van der Waals surface area contributed by atoms with Gasteiger partial charge in [0.15, 0.2) is 6.10 Å². The molecule has 22 heavy (non-hydrogen) atoms. The third-order valence-electron chi connectivity index (χ3n) is 3.53. The Morgan fingerprint density at radius 3 is 2.23 bits per heavy atom. The average Bonchev–Trinajstić information content (AvgIpc) is 2.38. The molecule has 0 aromatic rings. The van der Waals surface area contributed by atoms with Gasteiger partial charge in [0, 0.05) is 13.1 Å². The molecule has 0 aromatic carbocycles. The number of aliphatic carboxylic acids is 3. The SMILES string of the molecule is O=C(O)[C@H](CCN1C[C@@H](O)[C@H]1C(=O)O)NCC[C@H](O)C(=O)O. The molecule has 0 unspecified atom stereocenters. The van der Waals surface area contributed by atoms with E-state index >= 15 is 0 Å². The maximum atomic E-state index is 11.1. The molecule has 10 heteroatoms. The van der Waals surface area contributed by atoms with Gasteiger partial charge in [-0.3, -0.25) is 14.5 Å². The van der Waals surface area contributed by atoms with E-state index < -0.39 is 42.2 Å². The Hall–Kier alpha value is -1.75. The molecule has 10 nitrogen and oxygen atoms in total. The van der Waals surface area contributed by atoms with Crippen LogP contribution in [0, 0.1) is 0 Å². The molecule has 0 amide bonds. The van der Waals surface area contributed by atoms with Crippen molar-refractivity contribution in [1.82, 2.24) is 10.2 Å². The van der Waals surface area contributed by atoms with Gasteiger partial charge in [-0.1, -0.05) is 0 Å². The lowest BCUT2D eigenvalue weighted by Gasteiger charge is -2.42. The lowest BCUT2D eigenvalue weighted by atomic mass is 9.98. The monoisotopic (exact) mass is 320 g/mol. The predicted octanol–water partition coefficient (Wildman–Crippen LogP) is -2.62. The molecule has 4 atom stereocenters. The zero-order valence-corrected chi connectivity index (χ0v) is 11.8. The van der Waals surface area contributed by atoms with Crippen molar-refractivity contribution in [3.63, 3.8) is 0 Å². The smallest absolute Gasteiger partial charge is 0.332 e. The Labute approximate surface area is 126 Å². The van der Waals surface area contributed by atoms with Crippen molar-refractivity contribution in [3.05, 3.63) is 0 Å². The van der Waals surface area contributed by atoms with Crippen LogP contribution >= 0.6 is 0 Å². The van der Waals surface area contributed by atoms with E-state index in [4.69, 9.17) is 20.4 Å². The molecule has 1 rings (SSSR count). The number of carboxylic acid groups (broad SMARTS) is 3. The molecule has 1 aliphatic rings. The molecule has 1 saturated heterocycles. The minimum Gasteiger partial charge on any atom is -0.480 e. The predicted molar refractivity (Wildman–Crippen MR) is 71.3 cm³/mol. The summed E-state index contributed by atoms with van der Waals surface area (Å²) in [6, 6.07) is -2.02.